The van der Waals surface area contributed by atoms with Crippen molar-refractivity contribution in [3.63, 3.8) is 0 Å². The Bertz CT molecular complexity index is 569. The molecule has 0 aliphatic heterocycles. The lowest BCUT2D eigenvalue weighted by molar-refractivity contribution is 1.23. The van der Waals surface area contributed by atoms with Crippen LogP contribution >= 0.6 is 12.6 Å². The van der Waals surface area contributed by atoms with Crippen molar-refractivity contribution >= 4 is 29.3 Å². The summed E-state index contributed by atoms with van der Waals surface area (Å²) in [7, 11) is 0. The van der Waals surface area contributed by atoms with Crippen molar-refractivity contribution < 1.29 is 0 Å². The molecule has 3 nitrogen and oxygen atoms in total. The summed E-state index contributed by atoms with van der Waals surface area (Å²) in [4.78, 5) is 8.08. The Labute approximate surface area is 99.5 Å². The van der Waals surface area contributed by atoms with Crippen molar-refractivity contribution in [2.45, 2.75) is 6.42 Å². The van der Waals surface area contributed by atoms with Gasteiger partial charge < -0.3 is 5.73 Å². The molecule has 0 atom stereocenters. The summed E-state index contributed by atoms with van der Waals surface area (Å²) in [6.07, 6.45) is 2.24. The highest BCUT2D eigenvalue weighted by Gasteiger charge is 1.99. The zero-order chi connectivity index (χ0) is 11.4. The molecule has 0 spiro atoms. The standard InChI is InChI=1S/C12H11N3S/c13-12-10-7-9(3-1-2-6-16)4-5-11(10)14-8-15-12/h4-5,7-8,16H,2,6H2,(H2,13,14,15). The van der Waals surface area contributed by atoms with Gasteiger partial charge in [-0.15, -0.1) is 0 Å². The zero-order valence-corrected chi connectivity index (χ0v) is 9.54. The van der Waals surface area contributed by atoms with Gasteiger partial charge in [0.1, 0.15) is 12.1 Å². The quantitative estimate of drug-likeness (QED) is 0.580. The van der Waals surface area contributed by atoms with Crippen molar-refractivity contribution in [1.29, 1.82) is 0 Å². The number of nitrogen functional groups attached to an aromatic ring is 1. The summed E-state index contributed by atoms with van der Waals surface area (Å²) in [5, 5.41) is 0.847. The van der Waals surface area contributed by atoms with Crippen molar-refractivity contribution in [1.82, 2.24) is 9.97 Å². The second kappa shape index (κ2) is 4.86. The van der Waals surface area contributed by atoms with E-state index in [1.54, 1.807) is 0 Å². The van der Waals surface area contributed by atoms with E-state index < -0.39 is 0 Å². The Morgan fingerprint density at radius 2 is 2.19 bits per heavy atom. The largest absolute Gasteiger partial charge is 0.383 e. The first-order valence-corrected chi connectivity index (χ1v) is 5.54. The molecule has 2 aromatic rings. The molecule has 0 unspecified atom stereocenters. The first-order chi connectivity index (χ1) is 7.81. The van der Waals surface area contributed by atoms with Gasteiger partial charge in [0.2, 0.25) is 0 Å². The molecule has 1 aromatic heterocycles. The number of nitrogens with zero attached hydrogens (tertiary/aromatic N) is 2. The van der Waals surface area contributed by atoms with Gasteiger partial charge in [0, 0.05) is 23.1 Å². The van der Waals surface area contributed by atoms with Crippen molar-refractivity contribution in [2.24, 2.45) is 0 Å². The molecule has 0 bridgehead atoms. The normalized spacial score (nSPS) is 9.81. The third-order valence-corrected chi connectivity index (χ3v) is 2.36. The third-order valence-electron chi connectivity index (χ3n) is 2.14. The summed E-state index contributed by atoms with van der Waals surface area (Å²) in [6.45, 7) is 0. The minimum atomic E-state index is 0.489. The minimum absolute atomic E-state index is 0.489. The molecule has 0 fully saturated rings. The Morgan fingerprint density at radius 3 is 3.00 bits per heavy atom. The van der Waals surface area contributed by atoms with Crippen LogP contribution < -0.4 is 5.73 Å². The van der Waals surface area contributed by atoms with Crippen LogP contribution in [0.3, 0.4) is 0 Å². The Hall–Kier alpha value is -1.73. The molecular weight excluding hydrogens is 218 g/mol. The van der Waals surface area contributed by atoms with E-state index in [9.17, 15) is 0 Å². The highest BCUT2D eigenvalue weighted by molar-refractivity contribution is 7.80. The maximum Gasteiger partial charge on any atom is 0.134 e. The lowest BCUT2D eigenvalue weighted by Crippen LogP contribution is -1.93. The van der Waals surface area contributed by atoms with Crippen molar-refractivity contribution in [2.75, 3.05) is 11.5 Å². The Kier molecular flexibility index (Phi) is 3.28. The van der Waals surface area contributed by atoms with Gasteiger partial charge in [0.25, 0.3) is 0 Å². The van der Waals surface area contributed by atoms with Gasteiger partial charge in [0.05, 0.1) is 5.52 Å². The van der Waals surface area contributed by atoms with Crippen LogP contribution in [0.5, 0.6) is 0 Å². The molecule has 80 valence electrons. The number of benzene rings is 1. The molecule has 0 amide bonds. The minimum Gasteiger partial charge on any atom is -0.383 e. The molecule has 16 heavy (non-hydrogen) atoms. The molecule has 0 aliphatic rings. The number of thiol groups is 1. The van der Waals surface area contributed by atoms with E-state index in [-0.39, 0.29) is 0 Å². The molecular formula is C12H11N3S. The van der Waals surface area contributed by atoms with Gasteiger partial charge in [-0.3, -0.25) is 0 Å². The molecule has 0 aliphatic carbocycles. The monoisotopic (exact) mass is 229 g/mol. The average Bonchev–Trinajstić information content (AvgIpc) is 2.30. The van der Waals surface area contributed by atoms with E-state index in [2.05, 4.69) is 34.4 Å². The van der Waals surface area contributed by atoms with Crippen LogP contribution in [-0.2, 0) is 0 Å². The van der Waals surface area contributed by atoms with Crippen LogP contribution in [0.4, 0.5) is 5.82 Å². The van der Waals surface area contributed by atoms with Gasteiger partial charge in [-0.2, -0.15) is 12.6 Å². The van der Waals surface area contributed by atoms with E-state index >= 15 is 0 Å². The maximum atomic E-state index is 5.77. The molecule has 2 rings (SSSR count). The average molecular weight is 229 g/mol. The van der Waals surface area contributed by atoms with Crippen LogP contribution in [0.1, 0.15) is 12.0 Å². The molecule has 0 saturated carbocycles. The fourth-order valence-electron chi connectivity index (χ4n) is 1.37. The summed E-state index contributed by atoms with van der Waals surface area (Å²) in [6, 6.07) is 5.74. The van der Waals surface area contributed by atoms with E-state index in [0.717, 1.165) is 28.6 Å². The summed E-state index contributed by atoms with van der Waals surface area (Å²) < 4.78 is 0. The number of aromatic nitrogens is 2. The maximum absolute atomic E-state index is 5.77. The highest BCUT2D eigenvalue weighted by Crippen LogP contribution is 2.17. The molecule has 1 aromatic carbocycles. The predicted molar refractivity (Wildman–Crippen MR) is 69.3 cm³/mol. The molecule has 0 radical (unpaired) electrons. The van der Waals surface area contributed by atoms with Gasteiger partial charge >= 0.3 is 0 Å². The van der Waals surface area contributed by atoms with Gasteiger partial charge in [-0.05, 0) is 18.2 Å². The predicted octanol–water partition coefficient (Wildman–Crippen LogP) is 1.88. The van der Waals surface area contributed by atoms with Gasteiger partial charge in [-0.1, -0.05) is 11.8 Å². The number of nitrogens with two attached hydrogens (primary N) is 1. The van der Waals surface area contributed by atoms with E-state index in [1.165, 1.54) is 6.33 Å². The van der Waals surface area contributed by atoms with Crippen LogP contribution in [0.25, 0.3) is 10.9 Å². The number of rotatable bonds is 1. The smallest absolute Gasteiger partial charge is 0.134 e. The lowest BCUT2D eigenvalue weighted by atomic mass is 10.1. The first kappa shape index (κ1) is 10.8. The Balaban J connectivity index is 2.44. The van der Waals surface area contributed by atoms with Crippen LogP contribution in [0.2, 0.25) is 0 Å². The van der Waals surface area contributed by atoms with Crippen LogP contribution in [0, 0.1) is 11.8 Å². The molecule has 1 heterocycles. The first-order valence-electron chi connectivity index (χ1n) is 4.91. The van der Waals surface area contributed by atoms with E-state index in [1.807, 2.05) is 18.2 Å². The molecule has 0 saturated heterocycles. The summed E-state index contributed by atoms with van der Waals surface area (Å²) in [5.41, 5.74) is 7.54. The Morgan fingerprint density at radius 1 is 1.31 bits per heavy atom. The number of anilines is 1. The second-order valence-corrected chi connectivity index (χ2v) is 3.71. The number of fused-ring (bicyclic) bond motifs is 1. The second-order valence-electron chi connectivity index (χ2n) is 3.27. The highest BCUT2D eigenvalue weighted by atomic mass is 32.1. The van der Waals surface area contributed by atoms with Crippen LogP contribution in [0.15, 0.2) is 24.5 Å². The topological polar surface area (TPSA) is 51.8 Å². The molecule has 4 heteroatoms. The number of hydrogen-bond acceptors (Lipinski definition) is 4. The zero-order valence-electron chi connectivity index (χ0n) is 8.64. The fourth-order valence-corrected chi connectivity index (χ4v) is 1.49. The number of hydrogen-bond donors (Lipinski definition) is 2. The fraction of sp³-hybridized carbons (Fsp3) is 0.167. The third kappa shape index (κ3) is 2.26. The van der Waals surface area contributed by atoms with Crippen molar-refractivity contribution in [3.8, 4) is 11.8 Å². The SMILES string of the molecule is Nc1ncnc2ccc(C#CCCS)cc12. The van der Waals surface area contributed by atoms with Crippen LogP contribution in [-0.4, -0.2) is 15.7 Å². The molecule has 2 N–H and O–H groups in total. The van der Waals surface area contributed by atoms with E-state index in [4.69, 9.17) is 5.73 Å². The van der Waals surface area contributed by atoms with Gasteiger partial charge in [-0.25, -0.2) is 9.97 Å². The van der Waals surface area contributed by atoms with E-state index in [0.29, 0.717) is 5.82 Å². The summed E-state index contributed by atoms with van der Waals surface area (Å²) >= 11 is 4.10. The van der Waals surface area contributed by atoms with Gasteiger partial charge in [0.15, 0.2) is 0 Å². The lowest BCUT2D eigenvalue weighted by Gasteiger charge is -1.99. The summed E-state index contributed by atoms with van der Waals surface area (Å²) in [5.74, 6) is 7.34. The van der Waals surface area contributed by atoms with Crippen molar-refractivity contribution in [3.05, 3.63) is 30.1 Å².